The summed E-state index contributed by atoms with van der Waals surface area (Å²) in [5, 5.41) is 20.6. The molecule has 0 bridgehead atoms. The van der Waals surface area contributed by atoms with Crippen molar-refractivity contribution in [3.8, 4) is 11.5 Å². The second kappa shape index (κ2) is 7.87. The van der Waals surface area contributed by atoms with Gasteiger partial charge < -0.3 is 10.2 Å². The van der Waals surface area contributed by atoms with E-state index >= 15 is 0 Å². The summed E-state index contributed by atoms with van der Waals surface area (Å²) in [4.78, 5) is 0. The summed E-state index contributed by atoms with van der Waals surface area (Å²) in [5.41, 5.74) is -0.857. The van der Waals surface area contributed by atoms with Crippen LogP contribution in [0.4, 0.5) is 0 Å². The van der Waals surface area contributed by atoms with Gasteiger partial charge in [-0.15, -0.1) is 0 Å². The molecule has 0 aliphatic carbocycles. The first kappa shape index (κ1) is 22.0. The van der Waals surface area contributed by atoms with E-state index in [9.17, 15) is 23.2 Å². The van der Waals surface area contributed by atoms with Gasteiger partial charge in [-0.3, -0.25) is 4.55 Å². The summed E-state index contributed by atoms with van der Waals surface area (Å²) in [5.74, 6) is -1.29. The summed E-state index contributed by atoms with van der Waals surface area (Å²) in [7, 11) is -5.16. The Bertz CT molecular complexity index is 1170. The highest BCUT2D eigenvalue weighted by molar-refractivity contribution is 7.87. The van der Waals surface area contributed by atoms with Gasteiger partial charge in [-0.25, -0.2) is 0 Å². The largest absolute Gasteiger partial charge is 0.508 e. The maximum atomic E-state index is 13.0. The highest BCUT2D eigenvalue weighted by Gasteiger charge is 2.53. The van der Waals surface area contributed by atoms with Crippen LogP contribution in [-0.4, -0.2) is 23.2 Å². The first-order valence-corrected chi connectivity index (χ1v) is 10.9. The molecule has 3 N–H and O–H groups in total. The number of phenols is 2. The number of phenolic OH excluding ortho intramolecular Hbond substituents is 2. The molecule has 0 fully saturated rings. The third kappa shape index (κ3) is 3.54. The fraction of sp³-hybridized carbons (Fsp3) is 0.0526. The smallest absolute Gasteiger partial charge is 0.283 e. The fourth-order valence-corrected chi connectivity index (χ4v) is 5.55. The number of rotatable bonds is 4. The van der Waals surface area contributed by atoms with Crippen LogP contribution in [-0.2, 0) is 14.9 Å². The molecule has 0 heterocycles. The molecule has 3 aromatic carbocycles. The van der Waals surface area contributed by atoms with Gasteiger partial charge in [-0.1, -0.05) is 82.8 Å². The Balaban J connectivity index is 2.67. The summed E-state index contributed by atoms with van der Waals surface area (Å²) in [6, 6.07) is 12.1. The summed E-state index contributed by atoms with van der Waals surface area (Å²) < 4.78 is 33.9. The predicted octanol–water partition coefficient (Wildman–Crippen LogP) is 5.89. The third-order valence-electron chi connectivity index (χ3n) is 4.40. The van der Waals surface area contributed by atoms with E-state index in [0.29, 0.717) is 0 Å². The topological polar surface area (TPSA) is 94.8 Å². The number of aromatic hydroxyl groups is 2. The van der Waals surface area contributed by atoms with Crippen LogP contribution in [0.15, 0.2) is 54.6 Å². The number of benzene rings is 3. The standard InChI is InChI=1S/C19H12Cl4O5S/c20-11-6-7-12(15(24)8-11)19(29(26,27)28,10-4-2-1-3-5-10)16-17(23)13(21)9-14(22)18(16)25/h1-9,24-25H,(H,26,27,28). The van der Waals surface area contributed by atoms with Gasteiger partial charge in [0.15, 0.2) is 4.75 Å². The van der Waals surface area contributed by atoms with Crippen molar-refractivity contribution in [3.63, 3.8) is 0 Å². The van der Waals surface area contributed by atoms with Crippen molar-refractivity contribution in [3.05, 3.63) is 91.4 Å². The summed E-state index contributed by atoms with van der Waals surface area (Å²) in [6.07, 6.45) is 0. The quantitative estimate of drug-likeness (QED) is 0.239. The lowest BCUT2D eigenvalue weighted by molar-refractivity contribution is 0.428. The molecular formula is C19H12Cl4O5S. The Morgan fingerprint density at radius 2 is 1.45 bits per heavy atom. The maximum Gasteiger partial charge on any atom is 0.283 e. The molecule has 0 amide bonds. The minimum Gasteiger partial charge on any atom is -0.508 e. The van der Waals surface area contributed by atoms with Crippen molar-refractivity contribution in [2.24, 2.45) is 0 Å². The molecule has 0 saturated carbocycles. The van der Waals surface area contributed by atoms with Crippen LogP contribution >= 0.6 is 46.4 Å². The second-order valence-corrected chi connectivity index (χ2v) is 9.25. The molecule has 0 aromatic heterocycles. The Kier molecular flexibility index (Phi) is 5.98. The van der Waals surface area contributed by atoms with E-state index in [1.807, 2.05) is 0 Å². The SMILES string of the molecule is O=S(=O)(O)C(c1ccccc1)(c1ccc(Cl)cc1O)c1c(O)c(Cl)cc(Cl)c1Cl. The fourth-order valence-electron chi connectivity index (χ4n) is 3.23. The first-order valence-electron chi connectivity index (χ1n) is 7.90. The number of hydrogen-bond donors (Lipinski definition) is 3. The van der Waals surface area contributed by atoms with Gasteiger partial charge in [0.2, 0.25) is 0 Å². The zero-order chi connectivity index (χ0) is 21.6. The summed E-state index contributed by atoms with van der Waals surface area (Å²) in [6.45, 7) is 0. The van der Waals surface area contributed by atoms with Gasteiger partial charge in [0.25, 0.3) is 10.1 Å². The van der Waals surface area contributed by atoms with Gasteiger partial charge >= 0.3 is 0 Å². The van der Waals surface area contributed by atoms with Crippen LogP contribution in [0.1, 0.15) is 16.7 Å². The van der Waals surface area contributed by atoms with Crippen molar-refractivity contribution in [2.45, 2.75) is 4.75 Å². The minimum atomic E-state index is -5.16. The Hall–Kier alpha value is -1.67. The predicted molar refractivity (Wildman–Crippen MR) is 114 cm³/mol. The highest BCUT2D eigenvalue weighted by Crippen LogP contribution is 2.54. The van der Waals surface area contributed by atoms with Crippen molar-refractivity contribution < 1.29 is 23.2 Å². The minimum absolute atomic E-state index is 0.0318. The van der Waals surface area contributed by atoms with Crippen molar-refractivity contribution >= 4 is 56.5 Å². The Labute approximate surface area is 186 Å². The highest BCUT2D eigenvalue weighted by atomic mass is 35.5. The third-order valence-corrected chi connectivity index (χ3v) is 7.15. The van der Waals surface area contributed by atoms with Crippen molar-refractivity contribution in [1.29, 1.82) is 0 Å². The van der Waals surface area contributed by atoms with Gasteiger partial charge in [0.05, 0.1) is 15.1 Å². The molecule has 3 rings (SSSR count). The molecule has 1 atom stereocenters. The van der Waals surface area contributed by atoms with Crippen LogP contribution in [0.2, 0.25) is 20.1 Å². The molecule has 29 heavy (non-hydrogen) atoms. The maximum absolute atomic E-state index is 13.0. The van der Waals surface area contributed by atoms with Gasteiger partial charge in [0, 0.05) is 16.1 Å². The average Bonchev–Trinajstić information content (AvgIpc) is 2.64. The van der Waals surface area contributed by atoms with Crippen LogP contribution in [0, 0.1) is 0 Å². The molecule has 1 unspecified atom stereocenters. The molecule has 0 spiro atoms. The molecular weight excluding hydrogens is 482 g/mol. The monoisotopic (exact) mass is 492 g/mol. The Morgan fingerprint density at radius 1 is 0.828 bits per heavy atom. The summed E-state index contributed by atoms with van der Waals surface area (Å²) >= 11 is 24.3. The van der Waals surface area contributed by atoms with E-state index in [2.05, 4.69) is 0 Å². The zero-order valence-electron chi connectivity index (χ0n) is 14.3. The molecule has 10 heteroatoms. The van der Waals surface area contributed by atoms with Crippen LogP contribution in [0.25, 0.3) is 0 Å². The molecule has 152 valence electrons. The normalized spacial score (nSPS) is 13.8. The Morgan fingerprint density at radius 3 is 2.00 bits per heavy atom. The van der Waals surface area contributed by atoms with Crippen molar-refractivity contribution in [1.82, 2.24) is 0 Å². The number of hydrogen-bond acceptors (Lipinski definition) is 4. The molecule has 0 radical (unpaired) electrons. The van der Waals surface area contributed by atoms with E-state index in [1.54, 1.807) is 6.07 Å². The molecule has 5 nitrogen and oxygen atoms in total. The van der Waals surface area contributed by atoms with E-state index in [1.165, 1.54) is 36.4 Å². The molecule has 3 aromatic rings. The van der Waals surface area contributed by atoms with E-state index < -0.39 is 31.9 Å². The van der Waals surface area contributed by atoms with Crippen LogP contribution in [0.5, 0.6) is 11.5 Å². The lowest BCUT2D eigenvalue weighted by Crippen LogP contribution is -2.38. The molecule has 0 aliphatic heterocycles. The van der Waals surface area contributed by atoms with E-state index in [4.69, 9.17) is 46.4 Å². The molecule has 0 saturated heterocycles. The van der Waals surface area contributed by atoms with E-state index in [-0.39, 0.29) is 31.2 Å². The number of halogens is 4. The lowest BCUT2D eigenvalue weighted by atomic mass is 9.83. The van der Waals surface area contributed by atoms with Crippen LogP contribution < -0.4 is 0 Å². The van der Waals surface area contributed by atoms with Gasteiger partial charge in [-0.2, -0.15) is 8.42 Å². The molecule has 0 aliphatic rings. The lowest BCUT2D eigenvalue weighted by Gasteiger charge is -2.34. The van der Waals surface area contributed by atoms with Crippen LogP contribution in [0.3, 0.4) is 0 Å². The average molecular weight is 494 g/mol. The van der Waals surface area contributed by atoms with Gasteiger partial charge in [-0.05, 0) is 23.8 Å². The van der Waals surface area contributed by atoms with Crippen molar-refractivity contribution in [2.75, 3.05) is 0 Å². The zero-order valence-corrected chi connectivity index (χ0v) is 18.1. The van der Waals surface area contributed by atoms with E-state index in [0.717, 1.165) is 12.1 Å². The van der Waals surface area contributed by atoms with Gasteiger partial charge in [0.1, 0.15) is 11.5 Å². The first-order chi connectivity index (χ1) is 13.5. The second-order valence-electron chi connectivity index (χ2n) is 6.06.